The minimum absolute atomic E-state index is 0.0988. The minimum Gasteiger partial charge on any atom is -0.454 e. The average molecular weight is 421 g/mol. The van der Waals surface area contributed by atoms with Crippen molar-refractivity contribution in [3.05, 3.63) is 40.9 Å². The van der Waals surface area contributed by atoms with E-state index in [-0.39, 0.29) is 24.2 Å². The van der Waals surface area contributed by atoms with Crippen LogP contribution in [0.15, 0.2) is 34.7 Å². The molecule has 4 rings (SSSR count). The summed E-state index contributed by atoms with van der Waals surface area (Å²) < 4.78 is 12.4. The molecule has 0 saturated carbocycles. The van der Waals surface area contributed by atoms with Crippen molar-refractivity contribution in [1.29, 1.82) is 0 Å². The number of ketones is 1. The smallest absolute Gasteiger partial charge is 0.234 e. The van der Waals surface area contributed by atoms with Gasteiger partial charge in [-0.1, -0.05) is 23.4 Å². The highest BCUT2D eigenvalue weighted by Gasteiger charge is 2.20. The van der Waals surface area contributed by atoms with Gasteiger partial charge in [-0.3, -0.25) is 9.59 Å². The van der Waals surface area contributed by atoms with Crippen molar-refractivity contribution in [3.63, 3.8) is 0 Å². The van der Waals surface area contributed by atoms with Gasteiger partial charge in [-0.05, 0) is 31.2 Å². The molecule has 1 aromatic heterocycles. The maximum Gasteiger partial charge on any atom is 0.234 e. The number of amides is 1. The highest BCUT2D eigenvalue weighted by molar-refractivity contribution is 8.01. The molecule has 1 N–H and O–H groups in total. The van der Waals surface area contributed by atoms with Crippen molar-refractivity contribution in [3.8, 4) is 11.5 Å². The van der Waals surface area contributed by atoms with E-state index in [2.05, 4.69) is 10.3 Å². The van der Waals surface area contributed by atoms with E-state index in [0.717, 1.165) is 14.6 Å². The highest BCUT2D eigenvalue weighted by Crippen LogP contribution is 2.37. The molecular formula is C18H13ClN2O4S2. The van der Waals surface area contributed by atoms with E-state index in [1.807, 2.05) is 12.1 Å². The highest BCUT2D eigenvalue weighted by atomic mass is 35.5. The second-order valence-corrected chi connectivity index (χ2v) is 8.43. The molecule has 1 aliphatic heterocycles. The van der Waals surface area contributed by atoms with Crippen molar-refractivity contribution >= 4 is 62.3 Å². The Bertz CT molecular complexity index is 1070. The molecular weight excluding hydrogens is 408 g/mol. The van der Waals surface area contributed by atoms with E-state index < -0.39 is 0 Å². The number of thioether (sulfide) groups is 1. The topological polar surface area (TPSA) is 77.5 Å². The Labute approximate surface area is 167 Å². The van der Waals surface area contributed by atoms with E-state index in [4.69, 9.17) is 21.1 Å². The van der Waals surface area contributed by atoms with E-state index in [1.54, 1.807) is 18.2 Å². The maximum atomic E-state index is 12.4. The molecule has 9 heteroatoms. The summed E-state index contributed by atoms with van der Waals surface area (Å²) in [5, 5.41) is 3.40. The fourth-order valence-corrected chi connectivity index (χ4v) is 4.61. The fourth-order valence-electron chi connectivity index (χ4n) is 2.59. The number of nitrogens with zero attached hydrogens (tertiary/aromatic N) is 1. The number of hydrogen-bond acceptors (Lipinski definition) is 7. The summed E-state index contributed by atoms with van der Waals surface area (Å²) in [5.74, 6) is 0.768. The van der Waals surface area contributed by atoms with Crippen molar-refractivity contribution in [1.82, 2.24) is 4.98 Å². The second-order valence-electron chi connectivity index (χ2n) is 5.74. The maximum absolute atomic E-state index is 12.4. The second kappa shape index (κ2) is 7.38. The molecule has 0 atom stereocenters. The van der Waals surface area contributed by atoms with Crippen LogP contribution >= 0.6 is 34.7 Å². The molecule has 2 heterocycles. The van der Waals surface area contributed by atoms with Gasteiger partial charge in [-0.2, -0.15) is 0 Å². The molecule has 6 nitrogen and oxygen atoms in total. The van der Waals surface area contributed by atoms with E-state index in [1.165, 1.54) is 30.0 Å². The van der Waals surface area contributed by atoms with Crippen LogP contribution in [0.2, 0.25) is 5.02 Å². The van der Waals surface area contributed by atoms with Gasteiger partial charge in [-0.25, -0.2) is 4.98 Å². The largest absolute Gasteiger partial charge is 0.454 e. The van der Waals surface area contributed by atoms with Gasteiger partial charge >= 0.3 is 0 Å². The average Bonchev–Trinajstić information content (AvgIpc) is 3.24. The molecule has 1 amide bonds. The van der Waals surface area contributed by atoms with E-state index in [0.29, 0.717) is 27.8 Å². The molecule has 0 bridgehead atoms. The number of carbonyl (C=O) groups excluding carboxylic acids is 2. The third-order valence-electron chi connectivity index (χ3n) is 3.82. The molecule has 0 radical (unpaired) electrons. The summed E-state index contributed by atoms with van der Waals surface area (Å²) >= 11 is 8.81. The third-order valence-corrected chi connectivity index (χ3v) is 6.24. The molecule has 0 unspecified atom stereocenters. The summed E-state index contributed by atoms with van der Waals surface area (Å²) in [5.41, 5.74) is 1.60. The van der Waals surface area contributed by atoms with Crippen LogP contribution in [-0.2, 0) is 4.79 Å². The lowest BCUT2D eigenvalue weighted by atomic mass is 10.1. The van der Waals surface area contributed by atoms with Gasteiger partial charge in [0.25, 0.3) is 0 Å². The van der Waals surface area contributed by atoms with Crippen molar-refractivity contribution in [2.75, 3.05) is 17.9 Å². The fraction of sp³-hybridized carbons (Fsp3) is 0.167. The summed E-state index contributed by atoms with van der Waals surface area (Å²) in [6.45, 7) is 1.54. The molecule has 0 aliphatic carbocycles. The van der Waals surface area contributed by atoms with Gasteiger partial charge in [0, 0.05) is 16.7 Å². The van der Waals surface area contributed by atoms with Gasteiger partial charge in [0.05, 0.1) is 21.7 Å². The number of thiazole rings is 1. The predicted molar refractivity (Wildman–Crippen MR) is 107 cm³/mol. The third kappa shape index (κ3) is 3.87. The van der Waals surface area contributed by atoms with Crippen LogP contribution in [0.4, 0.5) is 5.69 Å². The van der Waals surface area contributed by atoms with Gasteiger partial charge < -0.3 is 14.8 Å². The van der Waals surface area contributed by atoms with Crippen LogP contribution in [0.3, 0.4) is 0 Å². The number of fused-ring (bicyclic) bond motifs is 2. The molecule has 0 saturated heterocycles. The Hall–Kier alpha value is -2.29. The first kappa shape index (κ1) is 18.1. The first-order valence-corrected chi connectivity index (χ1v) is 10.1. The number of aromatic nitrogens is 1. The molecule has 3 aromatic rings. The van der Waals surface area contributed by atoms with Gasteiger partial charge in [0.15, 0.2) is 21.6 Å². The van der Waals surface area contributed by atoms with Gasteiger partial charge in [0.2, 0.25) is 12.7 Å². The van der Waals surface area contributed by atoms with Crippen molar-refractivity contribution in [2.24, 2.45) is 0 Å². The number of halogens is 1. The molecule has 138 valence electrons. The number of hydrogen-bond donors (Lipinski definition) is 1. The summed E-state index contributed by atoms with van der Waals surface area (Å²) in [6, 6.07) is 8.71. The summed E-state index contributed by atoms with van der Waals surface area (Å²) in [4.78, 5) is 28.7. The Balaban J connectivity index is 1.46. The van der Waals surface area contributed by atoms with Crippen LogP contribution in [-0.4, -0.2) is 29.2 Å². The number of benzene rings is 2. The SMILES string of the molecule is CC(=O)c1cc2c(cc1NC(=O)CSc1nc3cc(Cl)ccc3s1)OCO2. The Morgan fingerprint density at radius 2 is 2.04 bits per heavy atom. The lowest BCUT2D eigenvalue weighted by molar-refractivity contribution is -0.113. The Kier molecular flexibility index (Phi) is 4.94. The van der Waals surface area contributed by atoms with Gasteiger partial charge in [-0.15, -0.1) is 11.3 Å². The number of anilines is 1. The normalized spacial score (nSPS) is 12.4. The lowest BCUT2D eigenvalue weighted by Crippen LogP contribution is -2.16. The molecule has 27 heavy (non-hydrogen) atoms. The summed E-state index contributed by atoms with van der Waals surface area (Å²) in [7, 11) is 0. The zero-order valence-corrected chi connectivity index (χ0v) is 16.5. The minimum atomic E-state index is -0.237. The first-order chi connectivity index (χ1) is 13.0. The van der Waals surface area contributed by atoms with Crippen molar-refractivity contribution < 1.29 is 19.1 Å². The number of Topliss-reactive ketones (excluding diaryl/α,β-unsaturated/α-hetero) is 1. The number of ether oxygens (including phenoxy) is 2. The van der Waals surface area contributed by atoms with Crippen LogP contribution < -0.4 is 14.8 Å². The zero-order valence-electron chi connectivity index (χ0n) is 14.1. The Morgan fingerprint density at radius 1 is 1.26 bits per heavy atom. The van der Waals surface area contributed by atoms with Crippen molar-refractivity contribution in [2.45, 2.75) is 11.3 Å². The molecule has 2 aromatic carbocycles. The lowest BCUT2D eigenvalue weighted by Gasteiger charge is -2.10. The molecule has 0 spiro atoms. The zero-order chi connectivity index (χ0) is 19.0. The number of carbonyl (C=O) groups is 2. The standard InChI is InChI=1S/C18H13ClN2O4S2/c1-9(22)11-5-14-15(25-8-24-14)6-12(11)20-17(23)7-26-18-21-13-4-10(19)2-3-16(13)27-18/h2-6H,7-8H2,1H3,(H,20,23). The number of nitrogens with one attached hydrogen (secondary N) is 1. The van der Waals surface area contributed by atoms with E-state index in [9.17, 15) is 9.59 Å². The molecule has 0 fully saturated rings. The quantitative estimate of drug-likeness (QED) is 0.479. The van der Waals surface area contributed by atoms with Gasteiger partial charge in [0.1, 0.15) is 0 Å². The Morgan fingerprint density at radius 3 is 2.81 bits per heavy atom. The summed E-state index contributed by atoms with van der Waals surface area (Å²) in [6.07, 6.45) is 0. The van der Waals surface area contributed by atoms with Crippen LogP contribution in [0, 0.1) is 0 Å². The van der Waals surface area contributed by atoms with Crippen LogP contribution in [0.25, 0.3) is 10.2 Å². The van der Waals surface area contributed by atoms with Crippen LogP contribution in [0.5, 0.6) is 11.5 Å². The first-order valence-electron chi connectivity index (χ1n) is 7.93. The monoisotopic (exact) mass is 420 g/mol. The number of rotatable bonds is 5. The predicted octanol–water partition coefficient (Wildman–Crippen LogP) is 4.61. The van der Waals surface area contributed by atoms with Crippen LogP contribution in [0.1, 0.15) is 17.3 Å². The molecule has 1 aliphatic rings. The van der Waals surface area contributed by atoms with E-state index >= 15 is 0 Å².